The fourth-order valence-electron chi connectivity index (χ4n) is 5.91. The van der Waals surface area contributed by atoms with Gasteiger partial charge in [-0.05, 0) is 91.5 Å². The zero-order valence-electron chi connectivity index (χ0n) is 24.6. The van der Waals surface area contributed by atoms with E-state index < -0.39 is 34.0 Å². The topological polar surface area (TPSA) is 104 Å². The summed E-state index contributed by atoms with van der Waals surface area (Å²) in [5.74, 6) is -1.63. The van der Waals surface area contributed by atoms with Crippen LogP contribution in [0, 0.1) is 0 Å². The SMILES string of the molecule is O=C(O)c1ccc(S(=O)(=O)N(C(=O)[C@@H]2Cc3ccccc3CN2)C(CCCc2ccccc2)CCCc2ccccc2)cc1. The van der Waals surface area contributed by atoms with E-state index >= 15 is 0 Å². The second kappa shape index (κ2) is 14.5. The molecule has 5 rings (SSSR count). The Morgan fingerprint density at radius 2 is 1.27 bits per heavy atom. The summed E-state index contributed by atoms with van der Waals surface area (Å²) in [4.78, 5) is 25.8. The summed E-state index contributed by atoms with van der Waals surface area (Å²) in [6.07, 6.45) is 4.34. The first kappa shape index (κ1) is 31.2. The summed E-state index contributed by atoms with van der Waals surface area (Å²) in [6, 6.07) is 31.8. The average Bonchev–Trinajstić information content (AvgIpc) is 3.05. The molecule has 0 spiro atoms. The molecular weight excluding hydrogens is 572 g/mol. The lowest BCUT2D eigenvalue weighted by atomic mass is 9.94. The molecule has 0 saturated heterocycles. The predicted octanol–water partition coefficient (Wildman–Crippen LogP) is 6.03. The van der Waals surface area contributed by atoms with Crippen LogP contribution < -0.4 is 5.32 Å². The lowest BCUT2D eigenvalue weighted by Gasteiger charge is -2.36. The highest BCUT2D eigenvalue weighted by Crippen LogP contribution is 2.28. The first-order valence-electron chi connectivity index (χ1n) is 15.1. The van der Waals surface area contributed by atoms with Gasteiger partial charge in [0.2, 0.25) is 0 Å². The van der Waals surface area contributed by atoms with Crippen LogP contribution in [-0.2, 0) is 40.6 Å². The van der Waals surface area contributed by atoms with Crippen molar-refractivity contribution in [3.63, 3.8) is 0 Å². The zero-order chi connectivity index (χ0) is 30.9. The number of nitrogens with zero attached hydrogens (tertiary/aromatic N) is 1. The van der Waals surface area contributed by atoms with Crippen LogP contribution in [0.5, 0.6) is 0 Å². The van der Waals surface area contributed by atoms with Crippen LogP contribution in [0.25, 0.3) is 0 Å². The molecule has 44 heavy (non-hydrogen) atoms. The van der Waals surface area contributed by atoms with E-state index in [1.54, 1.807) is 0 Å². The van der Waals surface area contributed by atoms with Gasteiger partial charge in [0.15, 0.2) is 0 Å². The Balaban J connectivity index is 1.47. The highest BCUT2D eigenvalue weighted by atomic mass is 32.2. The summed E-state index contributed by atoms with van der Waals surface area (Å²) >= 11 is 0. The van der Waals surface area contributed by atoms with Crippen LogP contribution in [0.1, 0.15) is 58.3 Å². The number of carboxylic acids is 1. The van der Waals surface area contributed by atoms with Gasteiger partial charge >= 0.3 is 5.97 Å². The molecule has 8 heteroatoms. The van der Waals surface area contributed by atoms with Crippen LogP contribution in [0.15, 0.2) is 114 Å². The quantitative estimate of drug-likeness (QED) is 0.192. The monoisotopic (exact) mass is 610 g/mol. The van der Waals surface area contributed by atoms with Crippen molar-refractivity contribution in [2.75, 3.05) is 0 Å². The minimum Gasteiger partial charge on any atom is -0.478 e. The Bertz CT molecular complexity index is 1610. The molecule has 1 aliphatic rings. The molecule has 0 saturated carbocycles. The molecule has 0 radical (unpaired) electrons. The Hall–Kier alpha value is -4.27. The molecule has 2 N–H and O–H groups in total. The number of aryl methyl sites for hydroxylation is 2. The molecule has 1 atom stereocenters. The number of amides is 1. The largest absolute Gasteiger partial charge is 0.478 e. The second-order valence-electron chi connectivity index (χ2n) is 11.3. The van der Waals surface area contributed by atoms with E-state index in [4.69, 9.17) is 0 Å². The molecule has 4 aromatic rings. The molecule has 228 valence electrons. The fourth-order valence-corrected chi connectivity index (χ4v) is 7.59. The van der Waals surface area contributed by atoms with E-state index in [9.17, 15) is 23.1 Å². The Morgan fingerprint density at radius 3 is 1.82 bits per heavy atom. The third kappa shape index (κ3) is 7.62. The van der Waals surface area contributed by atoms with E-state index in [2.05, 4.69) is 29.6 Å². The highest BCUT2D eigenvalue weighted by molar-refractivity contribution is 7.89. The van der Waals surface area contributed by atoms with Crippen molar-refractivity contribution in [3.05, 3.63) is 137 Å². The smallest absolute Gasteiger partial charge is 0.335 e. The maximum atomic E-state index is 14.4. The van der Waals surface area contributed by atoms with Gasteiger partial charge in [-0.2, -0.15) is 0 Å². The van der Waals surface area contributed by atoms with Crippen molar-refractivity contribution in [2.45, 2.75) is 68.5 Å². The molecule has 0 aromatic heterocycles. The third-order valence-electron chi connectivity index (χ3n) is 8.28. The second-order valence-corrected chi connectivity index (χ2v) is 13.1. The fraction of sp³-hybridized carbons (Fsp3) is 0.278. The van der Waals surface area contributed by atoms with Crippen LogP contribution in [0.4, 0.5) is 0 Å². The van der Waals surface area contributed by atoms with Gasteiger partial charge in [0, 0.05) is 12.6 Å². The van der Waals surface area contributed by atoms with Crippen molar-refractivity contribution >= 4 is 21.9 Å². The average molecular weight is 611 g/mol. The minimum absolute atomic E-state index is 0.0188. The normalized spacial score (nSPS) is 14.6. The maximum absolute atomic E-state index is 14.4. The van der Waals surface area contributed by atoms with Crippen molar-refractivity contribution in [1.82, 2.24) is 9.62 Å². The Morgan fingerprint density at radius 1 is 0.750 bits per heavy atom. The van der Waals surface area contributed by atoms with Crippen LogP contribution in [0.2, 0.25) is 0 Å². The number of nitrogens with one attached hydrogen (secondary N) is 1. The molecular formula is C36H38N2O5S. The summed E-state index contributed by atoms with van der Waals surface area (Å²) in [5, 5.41) is 12.7. The van der Waals surface area contributed by atoms with Crippen LogP contribution in [0.3, 0.4) is 0 Å². The standard InChI is InChI=1S/C36H38N2O5S/c39-35(34-25-30-17-7-8-18-31(30)26-37-34)38(44(42,43)33-23-21-29(22-24-33)36(40)41)32(19-9-15-27-11-3-1-4-12-27)20-10-16-28-13-5-2-6-14-28/h1-8,11-14,17-18,21-24,32,34,37H,9-10,15-16,19-20,25-26H2,(H,40,41)/t34-/m0/s1. The minimum atomic E-state index is -4.31. The first-order chi connectivity index (χ1) is 21.3. The van der Waals surface area contributed by atoms with Gasteiger partial charge in [0.05, 0.1) is 16.5 Å². The van der Waals surface area contributed by atoms with Gasteiger partial charge in [-0.3, -0.25) is 4.79 Å². The Labute approximate surface area is 259 Å². The lowest BCUT2D eigenvalue weighted by Crippen LogP contribution is -2.54. The maximum Gasteiger partial charge on any atom is 0.335 e. The number of hydrogen-bond acceptors (Lipinski definition) is 5. The van der Waals surface area contributed by atoms with E-state index in [1.807, 2.05) is 60.7 Å². The predicted molar refractivity (Wildman–Crippen MR) is 171 cm³/mol. The number of fused-ring (bicyclic) bond motifs is 1. The number of benzene rings is 4. The van der Waals surface area contributed by atoms with E-state index in [0.29, 0.717) is 38.6 Å². The van der Waals surface area contributed by atoms with Crippen molar-refractivity contribution < 1.29 is 23.1 Å². The Kier molecular flexibility index (Phi) is 10.2. The number of rotatable bonds is 13. The van der Waals surface area contributed by atoms with Gasteiger partial charge in [0.1, 0.15) is 0 Å². The molecule has 0 unspecified atom stereocenters. The van der Waals surface area contributed by atoms with Crippen molar-refractivity contribution in [2.24, 2.45) is 0 Å². The van der Waals surface area contributed by atoms with Crippen molar-refractivity contribution in [1.29, 1.82) is 0 Å². The molecule has 7 nitrogen and oxygen atoms in total. The number of sulfonamides is 1. The molecule has 0 bridgehead atoms. The van der Waals surface area contributed by atoms with E-state index in [-0.39, 0.29) is 10.5 Å². The first-order valence-corrected chi connectivity index (χ1v) is 16.6. The van der Waals surface area contributed by atoms with E-state index in [1.165, 1.54) is 24.3 Å². The molecule has 1 aliphatic heterocycles. The zero-order valence-corrected chi connectivity index (χ0v) is 25.5. The lowest BCUT2D eigenvalue weighted by molar-refractivity contribution is -0.130. The molecule has 0 aliphatic carbocycles. The summed E-state index contributed by atoms with van der Waals surface area (Å²) in [6.45, 7) is 0.473. The van der Waals surface area contributed by atoms with Crippen molar-refractivity contribution in [3.8, 4) is 0 Å². The number of carbonyl (C=O) groups is 2. The number of aromatic carboxylic acids is 1. The molecule has 1 heterocycles. The van der Waals surface area contributed by atoms with E-state index in [0.717, 1.165) is 39.4 Å². The number of carbonyl (C=O) groups excluding carboxylic acids is 1. The molecule has 1 amide bonds. The number of hydrogen-bond donors (Lipinski definition) is 2. The highest BCUT2D eigenvalue weighted by Gasteiger charge is 2.39. The molecule has 4 aromatic carbocycles. The summed E-state index contributed by atoms with van der Waals surface area (Å²) < 4.78 is 29.9. The van der Waals surface area contributed by atoms with Gasteiger partial charge in [-0.25, -0.2) is 17.5 Å². The van der Waals surface area contributed by atoms with Gasteiger partial charge in [0.25, 0.3) is 15.9 Å². The van der Waals surface area contributed by atoms with Crippen LogP contribution >= 0.6 is 0 Å². The van der Waals surface area contributed by atoms with Gasteiger partial charge in [-0.1, -0.05) is 84.9 Å². The number of carboxylic acid groups (broad SMARTS) is 1. The molecule has 0 fully saturated rings. The van der Waals surface area contributed by atoms with Crippen LogP contribution in [-0.4, -0.2) is 41.8 Å². The summed E-state index contributed by atoms with van der Waals surface area (Å²) in [5.41, 5.74) is 4.42. The van der Waals surface area contributed by atoms with Gasteiger partial charge < -0.3 is 10.4 Å². The summed E-state index contributed by atoms with van der Waals surface area (Å²) in [7, 11) is -4.31. The van der Waals surface area contributed by atoms with Gasteiger partial charge in [-0.15, -0.1) is 0 Å². The third-order valence-corrected chi connectivity index (χ3v) is 10.1.